The molecular weight excluding hydrogens is 748 g/mol. The summed E-state index contributed by atoms with van der Waals surface area (Å²) in [5.41, 5.74) is -4.49. The lowest BCUT2D eigenvalue weighted by Crippen LogP contribution is -2.61. The van der Waals surface area contributed by atoms with E-state index in [4.69, 9.17) is 42.7 Å². The zero-order valence-electron chi connectivity index (χ0n) is 36.4. The summed E-state index contributed by atoms with van der Waals surface area (Å²) in [5, 5.41) is 66.4. The van der Waals surface area contributed by atoms with Crippen molar-refractivity contribution in [3.05, 3.63) is 0 Å². The summed E-state index contributed by atoms with van der Waals surface area (Å²) in [7, 11) is 4.77. The number of ether oxygens (including phenoxy) is 8. The second-order valence-electron chi connectivity index (χ2n) is 17.1. The predicted octanol–water partition coefficient (Wildman–Crippen LogP) is 1.87. The Morgan fingerprint density at radius 3 is 2.18 bits per heavy atom. The molecule has 17 nitrogen and oxygen atoms in total. The first kappa shape index (κ1) is 49.8. The van der Waals surface area contributed by atoms with Gasteiger partial charge >= 0.3 is 5.97 Å². The fourth-order valence-electron chi connectivity index (χ4n) is 8.73. The Morgan fingerprint density at radius 2 is 1.58 bits per heavy atom. The van der Waals surface area contributed by atoms with Crippen LogP contribution in [0.25, 0.3) is 0 Å². The van der Waals surface area contributed by atoms with E-state index in [9.17, 15) is 30.3 Å². The third-order valence-corrected chi connectivity index (χ3v) is 12.3. The van der Waals surface area contributed by atoms with Gasteiger partial charge in [0, 0.05) is 44.4 Å². The molecule has 0 aliphatic carbocycles. The number of hydrogen-bond acceptors (Lipinski definition) is 17. The molecule has 6 N–H and O–H groups in total. The van der Waals surface area contributed by atoms with Gasteiger partial charge in [0.15, 0.2) is 12.6 Å². The summed E-state index contributed by atoms with van der Waals surface area (Å²) in [5.74, 6) is -4.14. The van der Waals surface area contributed by atoms with Crippen molar-refractivity contribution in [3.63, 3.8) is 0 Å². The van der Waals surface area contributed by atoms with Gasteiger partial charge in [-0.2, -0.15) is 0 Å². The number of nitrogens with zero attached hydrogens (tertiary/aromatic N) is 1. The van der Waals surface area contributed by atoms with E-state index < -0.39 is 102 Å². The number of cyclic esters (lactones) is 1. The standard InChI is InChI=1S/C40H74N2O15/c1-14-28-40(10,48)33(44)23(4)30(42-52-20-51-16-15-49-12)21(2)18-38(8,47)35(57-37-31(43)27(41-11)17-22(3)53-37)24(5)32(25(6)36(46)55-28)56-29-19-39(9,50-13)34(45)26(7)54-29/h21-29,31-35,37,41,43-45,47-48H,14-20H2,1-13H3/b42-30+/t21-,22-,23+,24+,25-,26+,27+,28-,29+,31-,32?,33-,34+,35-,37+,38-,39-,40-/m1/s1. The molecule has 0 amide bonds. The summed E-state index contributed by atoms with van der Waals surface area (Å²) < 4.78 is 47.9. The van der Waals surface area contributed by atoms with E-state index in [-0.39, 0.29) is 44.8 Å². The summed E-state index contributed by atoms with van der Waals surface area (Å²) in [6.45, 7) is 17.2. The molecule has 3 fully saturated rings. The monoisotopic (exact) mass is 823 g/mol. The van der Waals surface area contributed by atoms with Crippen LogP contribution in [0, 0.1) is 23.7 Å². The van der Waals surface area contributed by atoms with Crippen LogP contribution in [0.1, 0.15) is 94.9 Å². The number of carbonyl (C=O) groups excluding carboxylic acids is 1. The first-order valence-electron chi connectivity index (χ1n) is 20.4. The number of aliphatic hydroxyl groups excluding tert-OH is 3. The highest BCUT2D eigenvalue weighted by atomic mass is 16.7. The normalized spacial score (nSPS) is 46.3. The predicted molar refractivity (Wildman–Crippen MR) is 208 cm³/mol. The van der Waals surface area contributed by atoms with Crippen LogP contribution in [0.5, 0.6) is 0 Å². The zero-order valence-corrected chi connectivity index (χ0v) is 36.4. The number of esters is 1. The van der Waals surface area contributed by atoms with Crippen LogP contribution in [-0.4, -0.2) is 163 Å². The Hall–Kier alpha value is -1.58. The SMILES string of the molecule is CC[C@H]1OC(=O)[C@H](C)C(O[C@H]2C[C@@](C)(OC)[C@@H](O)[C@H](C)O2)[C@H](C)[C@@H](O[C@@H]2O[C@H](C)C[C@H](NC)[C@H]2O)[C@](C)(O)C[C@@H](C)/C(=N\OCOCCOC)[C@H](C)[C@@H](O)[C@]1(C)O. The van der Waals surface area contributed by atoms with Crippen LogP contribution >= 0.6 is 0 Å². The maximum absolute atomic E-state index is 14.3. The Morgan fingerprint density at radius 1 is 0.912 bits per heavy atom. The van der Waals surface area contributed by atoms with Crippen molar-refractivity contribution in [1.29, 1.82) is 0 Å². The van der Waals surface area contributed by atoms with Crippen molar-refractivity contribution in [2.24, 2.45) is 28.8 Å². The third kappa shape index (κ3) is 12.0. The molecule has 0 aromatic heterocycles. The van der Waals surface area contributed by atoms with Gasteiger partial charge in [0.05, 0.1) is 66.6 Å². The molecule has 0 spiro atoms. The second kappa shape index (κ2) is 21.3. The number of nitrogens with one attached hydrogen (secondary N) is 1. The molecule has 57 heavy (non-hydrogen) atoms. The number of hydrogen-bond donors (Lipinski definition) is 6. The van der Waals surface area contributed by atoms with Crippen molar-refractivity contribution < 1.29 is 73.1 Å². The van der Waals surface area contributed by atoms with E-state index in [1.165, 1.54) is 14.0 Å². The fraction of sp³-hybridized carbons (Fsp3) is 0.950. The van der Waals surface area contributed by atoms with E-state index in [1.807, 2.05) is 6.92 Å². The highest BCUT2D eigenvalue weighted by Gasteiger charge is 2.53. The van der Waals surface area contributed by atoms with Gasteiger partial charge in [-0.25, -0.2) is 0 Å². The molecule has 0 saturated carbocycles. The average Bonchev–Trinajstić information content (AvgIpc) is 3.15. The largest absolute Gasteiger partial charge is 0.459 e. The van der Waals surface area contributed by atoms with Gasteiger partial charge in [0.1, 0.15) is 23.9 Å². The van der Waals surface area contributed by atoms with E-state index in [2.05, 4.69) is 10.5 Å². The van der Waals surface area contributed by atoms with Gasteiger partial charge in [-0.1, -0.05) is 32.9 Å². The lowest BCUT2D eigenvalue weighted by molar-refractivity contribution is -0.315. The molecule has 3 heterocycles. The van der Waals surface area contributed by atoms with Gasteiger partial charge in [-0.3, -0.25) is 4.79 Å². The van der Waals surface area contributed by atoms with Gasteiger partial charge in [0.25, 0.3) is 0 Å². The fourth-order valence-corrected chi connectivity index (χ4v) is 8.73. The molecule has 3 rings (SSSR count). The Bertz CT molecular complexity index is 1270. The van der Waals surface area contributed by atoms with Gasteiger partial charge in [-0.15, -0.1) is 0 Å². The summed E-state index contributed by atoms with van der Waals surface area (Å²) in [4.78, 5) is 19.8. The molecule has 0 aromatic rings. The van der Waals surface area contributed by atoms with Crippen molar-refractivity contribution in [2.75, 3.05) is 41.3 Å². The summed E-state index contributed by atoms with van der Waals surface area (Å²) in [6, 6.07) is -0.379. The number of aliphatic hydroxyl groups is 5. The Balaban J connectivity index is 2.21. The molecule has 1 unspecified atom stereocenters. The van der Waals surface area contributed by atoms with Crippen LogP contribution in [0.4, 0.5) is 0 Å². The lowest BCUT2D eigenvalue weighted by atomic mass is 9.73. The van der Waals surface area contributed by atoms with E-state index in [1.54, 1.807) is 69.5 Å². The second-order valence-corrected chi connectivity index (χ2v) is 17.1. The zero-order chi connectivity index (χ0) is 43.0. The summed E-state index contributed by atoms with van der Waals surface area (Å²) >= 11 is 0. The quantitative estimate of drug-likeness (QED) is 0.0675. The Labute approximate surface area is 339 Å². The van der Waals surface area contributed by atoms with Crippen molar-refractivity contribution >= 4 is 11.7 Å². The van der Waals surface area contributed by atoms with Crippen LogP contribution in [0.2, 0.25) is 0 Å². The van der Waals surface area contributed by atoms with Gasteiger partial charge in [-0.05, 0) is 67.9 Å². The molecule has 3 saturated heterocycles. The molecule has 18 atom stereocenters. The topological polar surface area (TPSA) is 226 Å². The molecule has 334 valence electrons. The maximum atomic E-state index is 14.3. The number of methoxy groups -OCH3 is 2. The number of oxime groups is 1. The van der Waals surface area contributed by atoms with Crippen LogP contribution in [0.15, 0.2) is 5.16 Å². The Kier molecular flexibility index (Phi) is 18.6. The van der Waals surface area contributed by atoms with Crippen molar-refractivity contribution in [3.8, 4) is 0 Å². The molecule has 0 bridgehead atoms. The number of carbonyl (C=O) groups is 1. The highest BCUT2D eigenvalue weighted by molar-refractivity contribution is 5.88. The summed E-state index contributed by atoms with van der Waals surface area (Å²) in [6.07, 6.45) is -9.54. The van der Waals surface area contributed by atoms with E-state index in [0.717, 1.165) is 0 Å². The maximum Gasteiger partial charge on any atom is 0.311 e. The molecule has 3 aliphatic rings. The average molecular weight is 823 g/mol. The molecular formula is C40H74N2O15. The minimum atomic E-state index is -1.97. The van der Waals surface area contributed by atoms with E-state index >= 15 is 0 Å². The van der Waals surface area contributed by atoms with Crippen LogP contribution in [0.3, 0.4) is 0 Å². The molecule has 0 aromatic carbocycles. The van der Waals surface area contributed by atoms with E-state index in [0.29, 0.717) is 18.7 Å². The van der Waals surface area contributed by atoms with Crippen LogP contribution in [-0.2, 0) is 47.5 Å². The smallest absolute Gasteiger partial charge is 0.311 e. The minimum absolute atomic E-state index is 0.0323. The number of rotatable bonds is 13. The lowest BCUT2D eigenvalue weighted by Gasteiger charge is -2.49. The van der Waals surface area contributed by atoms with Gasteiger partial charge < -0.3 is 73.6 Å². The van der Waals surface area contributed by atoms with Crippen molar-refractivity contribution in [2.45, 2.75) is 179 Å². The first-order valence-corrected chi connectivity index (χ1v) is 20.4. The third-order valence-electron chi connectivity index (χ3n) is 12.3. The molecule has 17 heteroatoms. The molecule has 3 aliphatic heterocycles. The minimum Gasteiger partial charge on any atom is -0.459 e. The van der Waals surface area contributed by atoms with Crippen molar-refractivity contribution in [1.82, 2.24) is 5.32 Å². The number of likely N-dealkylation sites (N-methyl/N-ethyl adjacent to an activating group) is 1. The first-order chi connectivity index (χ1) is 26.6. The molecule has 0 radical (unpaired) electrons. The van der Waals surface area contributed by atoms with Crippen LogP contribution < -0.4 is 5.32 Å². The highest BCUT2D eigenvalue weighted by Crippen LogP contribution is 2.41. The van der Waals surface area contributed by atoms with Gasteiger partial charge in [0.2, 0.25) is 6.79 Å².